The number of anilines is 1. The van der Waals surface area contributed by atoms with Crippen LogP contribution < -0.4 is 10.5 Å². The summed E-state index contributed by atoms with van der Waals surface area (Å²) in [6.07, 6.45) is 1.47. The van der Waals surface area contributed by atoms with Gasteiger partial charge in [0.25, 0.3) is 11.1 Å². The van der Waals surface area contributed by atoms with Crippen molar-refractivity contribution in [2.75, 3.05) is 5.23 Å². The summed E-state index contributed by atoms with van der Waals surface area (Å²) in [4.78, 5) is 22.4. The number of rotatable bonds is 2. The standard InChI is InChI=1S/C10H7N2O4S/c13-9-8(17-10(14)11-9)5-6-2-1-3-7(4-6)12(15)16/h1-5,15H,(H,11,13,14)/q-1/b8-5-. The Morgan fingerprint density at radius 3 is 2.76 bits per heavy atom. The average Bonchev–Trinajstić information content (AvgIpc) is 2.58. The summed E-state index contributed by atoms with van der Waals surface area (Å²) in [6, 6.07) is 6.03. The van der Waals surface area contributed by atoms with Gasteiger partial charge in [0, 0.05) is 0 Å². The number of amides is 2. The zero-order chi connectivity index (χ0) is 12.4. The summed E-state index contributed by atoms with van der Waals surface area (Å²) in [5.41, 5.74) is 0.596. The van der Waals surface area contributed by atoms with Crippen LogP contribution in [0.5, 0.6) is 0 Å². The molecule has 2 rings (SSSR count). The summed E-state index contributed by atoms with van der Waals surface area (Å²) in [6.45, 7) is 0. The van der Waals surface area contributed by atoms with Gasteiger partial charge in [-0.05, 0) is 35.5 Å². The molecule has 7 heteroatoms. The third-order valence-electron chi connectivity index (χ3n) is 2.03. The number of imide groups is 1. The van der Waals surface area contributed by atoms with Crippen LogP contribution in [-0.2, 0) is 4.79 Å². The molecule has 0 aliphatic carbocycles. The van der Waals surface area contributed by atoms with Crippen LogP contribution in [0.3, 0.4) is 0 Å². The average molecular weight is 251 g/mol. The SMILES string of the molecule is O=C1NC(=O)/C(=C/c2cccc(N([O-])O)c2)S1. The highest BCUT2D eigenvalue weighted by Gasteiger charge is 2.24. The van der Waals surface area contributed by atoms with Crippen molar-refractivity contribution in [1.82, 2.24) is 5.32 Å². The van der Waals surface area contributed by atoms with E-state index in [4.69, 9.17) is 5.21 Å². The lowest BCUT2D eigenvalue weighted by molar-refractivity contribution is -0.115. The molecule has 1 aromatic carbocycles. The number of carbonyl (C=O) groups is 2. The highest BCUT2D eigenvalue weighted by Crippen LogP contribution is 2.26. The van der Waals surface area contributed by atoms with Crippen molar-refractivity contribution >= 4 is 34.7 Å². The topological polar surface area (TPSA) is 92.7 Å². The van der Waals surface area contributed by atoms with E-state index in [1.165, 1.54) is 18.2 Å². The molecule has 2 amide bonds. The number of carbonyl (C=O) groups excluding carboxylic acids is 2. The smallest absolute Gasteiger partial charge is 0.290 e. The molecule has 0 radical (unpaired) electrons. The molecule has 0 bridgehead atoms. The van der Waals surface area contributed by atoms with Crippen LogP contribution in [0.4, 0.5) is 10.5 Å². The van der Waals surface area contributed by atoms with E-state index in [9.17, 15) is 14.8 Å². The van der Waals surface area contributed by atoms with Crippen LogP contribution in [0, 0.1) is 5.21 Å². The van der Waals surface area contributed by atoms with Crippen LogP contribution >= 0.6 is 11.8 Å². The lowest BCUT2D eigenvalue weighted by atomic mass is 10.2. The van der Waals surface area contributed by atoms with E-state index >= 15 is 0 Å². The number of hydrogen-bond donors (Lipinski definition) is 2. The molecule has 0 atom stereocenters. The quantitative estimate of drug-likeness (QED) is 0.614. The third kappa shape index (κ3) is 2.64. The van der Waals surface area contributed by atoms with Gasteiger partial charge in [-0.15, -0.1) is 0 Å². The van der Waals surface area contributed by atoms with Crippen molar-refractivity contribution in [3.63, 3.8) is 0 Å². The molecule has 0 saturated carbocycles. The zero-order valence-corrected chi connectivity index (χ0v) is 9.23. The van der Waals surface area contributed by atoms with Crippen LogP contribution in [-0.4, -0.2) is 16.4 Å². The summed E-state index contributed by atoms with van der Waals surface area (Å²) >= 11 is 0.790. The number of thioether (sulfide) groups is 1. The van der Waals surface area contributed by atoms with E-state index in [1.54, 1.807) is 12.1 Å². The highest BCUT2D eigenvalue weighted by atomic mass is 32.2. The van der Waals surface area contributed by atoms with Crippen molar-refractivity contribution < 1.29 is 14.8 Å². The molecule has 2 N–H and O–H groups in total. The van der Waals surface area contributed by atoms with Gasteiger partial charge in [0.15, 0.2) is 0 Å². The normalized spacial score (nSPS) is 17.4. The first-order chi connectivity index (χ1) is 8.06. The van der Waals surface area contributed by atoms with Crippen molar-refractivity contribution in [3.8, 4) is 0 Å². The fourth-order valence-electron chi connectivity index (χ4n) is 1.31. The van der Waals surface area contributed by atoms with Crippen molar-refractivity contribution in [3.05, 3.63) is 39.9 Å². The van der Waals surface area contributed by atoms with Gasteiger partial charge in [-0.3, -0.25) is 20.1 Å². The molecule has 1 aliphatic heterocycles. The predicted molar refractivity (Wildman–Crippen MR) is 63.2 cm³/mol. The van der Waals surface area contributed by atoms with E-state index in [-0.39, 0.29) is 15.8 Å². The minimum atomic E-state index is -0.464. The fraction of sp³-hybridized carbons (Fsp3) is 0. The van der Waals surface area contributed by atoms with Crippen molar-refractivity contribution in [1.29, 1.82) is 0 Å². The molecule has 0 unspecified atom stereocenters. The first-order valence-corrected chi connectivity index (χ1v) is 5.39. The van der Waals surface area contributed by atoms with E-state index in [0.29, 0.717) is 5.56 Å². The van der Waals surface area contributed by atoms with Gasteiger partial charge in [0.1, 0.15) is 0 Å². The van der Waals surface area contributed by atoms with E-state index in [0.717, 1.165) is 11.8 Å². The summed E-state index contributed by atoms with van der Waals surface area (Å²) in [7, 11) is 0. The highest BCUT2D eigenvalue weighted by molar-refractivity contribution is 8.18. The molecule has 0 spiro atoms. The van der Waals surface area contributed by atoms with Crippen molar-refractivity contribution in [2.24, 2.45) is 0 Å². The monoisotopic (exact) mass is 251 g/mol. The molecule has 1 saturated heterocycles. The summed E-state index contributed by atoms with van der Waals surface area (Å²) in [5, 5.41) is 20.8. The molecule has 1 aliphatic rings. The maximum absolute atomic E-state index is 11.3. The van der Waals surface area contributed by atoms with E-state index < -0.39 is 11.1 Å². The number of nitrogens with one attached hydrogen (secondary N) is 1. The van der Waals surface area contributed by atoms with Gasteiger partial charge in [-0.1, -0.05) is 12.1 Å². The second-order valence-corrected chi connectivity index (χ2v) is 4.23. The molecule has 88 valence electrons. The fourth-order valence-corrected chi connectivity index (χ4v) is 1.99. The van der Waals surface area contributed by atoms with Gasteiger partial charge < -0.3 is 10.4 Å². The molecule has 17 heavy (non-hydrogen) atoms. The second kappa shape index (κ2) is 4.58. The van der Waals surface area contributed by atoms with Crippen LogP contribution in [0.25, 0.3) is 6.08 Å². The molecular formula is C10H7N2O4S-. The Labute approximate surface area is 100 Å². The molecule has 6 nitrogen and oxygen atoms in total. The summed E-state index contributed by atoms with van der Waals surface area (Å²) in [5.74, 6) is -0.464. The van der Waals surface area contributed by atoms with Crippen LogP contribution in [0.1, 0.15) is 5.56 Å². The second-order valence-electron chi connectivity index (χ2n) is 3.22. The van der Waals surface area contributed by atoms with Crippen molar-refractivity contribution in [2.45, 2.75) is 0 Å². The van der Waals surface area contributed by atoms with Gasteiger partial charge >= 0.3 is 0 Å². The third-order valence-corrected chi connectivity index (χ3v) is 2.84. The maximum atomic E-state index is 11.3. The Morgan fingerprint density at radius 2 is 2.18 bits per heavy atom. The van der Waals surface area contributed by atoms with E-state index in [2.05, 4.69) is 5.32 Å². The number of benzene rings is 1. The Balaban J connectivity index is 2.29. The van der Waals surface area contributed by atoms with Gasteiger partial charge in [-0.2, -0.15) is 0 Å². The molecular weight excluding hydrogens is 244 g/mol. The minimum absolute atomic E-state index is 0.0501. The summed E-state index contributed by atoms with van der Waals surface area (Å²) < 4.78 is 0. The van der Waals surface area contributed by atoms with Crippen LogP contribution in [0.2, 0.25) is 0 Å². The molecule has 1 heterocycles. The zero-order valence-electron chi connectivity index (χ0n) is 8.41. The molecule has 1 fully saturated rings. The van der Waals surface area contributed by atoms with Gasteiger partial charge in [-0.25, -0.2) is 0 Å². The van der Waals surface area contributed by atoms with E-state index in [1.807, 2.05) is 0 Å². The lowest BCUT2D eigenvalue weighted by Gasteiger charge is -2.21. The number of hydrogen-bond acceptors (Lipinski definition) is 6. The molecule has 0 aromatic heterocycles. The first kappa shape index (κ1) is 11.6. The van der Waals surface area contributed by atoms with Gasteiger partial charge in [0.05, 0.1) is 10.6 Å². The number of nitrogens with zero attached hydrogens (tertiary/aromatic N) is 1. The molecule has 1 aromatic rings. The van der Waals surface area contributed by atoms with Gasteiger partial charge in [0.2, 0.25) is 0 Å². The Kier molecular flexibility index (Phi) is 3.14. The lowest BCUT2D eigenvalue weighted by Crippen LogP contribution is -2.17. The minimum Gasteiger partial charge on any atom is -0.733 e. The van der Waals surface area contributed by atoms with Crippen LogP contribution in [0.15, 0.2) is 29.2 Å². The Hall–Kier alpha value is -1.83. The largest absolute Gasteiger partial charge is 0.733 e. The Morgan fingerprint density at radius 1 is 1.41 bits per heavy atom. The maximum Gasteiger partial charge on any atom is 0.290 e. The first-order valence-electron chi connectivity index (χ1n) is 4.57. The Bertz CT molecular complexity index is 513. The predicted octanol–water partition coefficient (Wildman–Crippen LogP) is 1.70.